The number of unbranched alkanes of at least 4 members (excludes halogenated alkanes) is 3. The summed E-state index contributed by atoms with van der Waals surface area (Å²) in [5.74, 6) is 2.29. The first-order valence-corrected chi connectivity index (χ1v) is 10.7. The molecule has 0 saturated carbocycles. The van der Waals surface area contributed by atoms with E-state index in [2.05, 4.69) is 73.0 Å². The van der Waals surface area contributed by atoms with Crippen LogP contribution in [0.4, 0.5) is 0 Å². The standard InChI is InChI=1S/C26H30N2O/c1-4-5-6-9-16-28-25-11-8-7-10-24(25)27-26(28)19(2)20-12-13-22-18-23(29-3)15-14-21(22)17-20/h7-8,10-15,17-19H,4-6,9,16H2,1-3H3. The Morgan fingerprint density at radius 1 is 0.931 bits per heavy atom. The van der Waals surface area contributed by atoms with Gasteiger partial charge in [-0.15, -0.1) is 0 Å². The minimum atomic E-state index is 0.236. The molecule has 0 aliphatic rings. The number of nitrogens with zero attached hydrogens (tertiary/aromatic N) is 2. The van der Waals surface area contributed by atoms with E-state index in [4.69, 9.17) is 9.72 Å². The molecular formula is C26H30N2O. The van der Waals surface area contributed by atoms with E-state index in [9.17, 15) is 0 Å². The van der Waals surface area contributed by atoms with E-state index in [0.717, 1.165) is 23.6 Å². The molecule has 0 amide bonds. The first-order valence-electron chi connectivity index (χ1n) is 10.7. The fourth-order valence-corrected chi connectivity index (χ4v) is 4.14. The predicted octanol–water partition coefficient (Wildman–Crippen LogP) is 6.93. The molecule has 29 heavy (non-hydrogen) atoms. The average molecular weight is 387 g/mol. The van der Waals surface area contributed by atoms with E-state index < -0.39 is 0 Å². The Morgan fingerprint density at radius 2 is 1.72 bits per heavy atom. The summed E-state index contributed by atoms with van der Waals surface area (Å²) in [7, 11) is 1.71. The van der Waals surface area contributed by atoms with Gasteiger partial charge < -0.3 is 9.30 Å². The van der Waals surface area contributed by atoms with Crippen LogP contribution in [0, 0.1) is 0 Å². The first-order chi connectivity index (χ1) is 14.2. The van der Waals surface area contributed by atoms with Gasteiger partial charge in [0, 0.05) is 12.5 Å². The lowest BCUT2D eigenvalue weighted by Crippen LogP contribution is -2.08. The van der Waals surface area contributed by atoms with Crippen molar-refractivity contribution >= 4 is 21.8 Å². The van der Waals surface area contributed by atoms with Crippen LogP contribution < -0.4 is 4.74 Å². The molecule has 0 aliphatic carbocycles. The molecule has 0 fully saturated rings. The summed E-state index contributed by atoms with van der Waals surface area (Å²) in [5, 5.41) is 2.44. The van der Waals surface area contributed by atoms with Crippen LogP contribution in [0.2, 0.25) is 0 Å². The summed E-state index contributed by atoms with van der Waals surface area (Å²) >= 11 is 0. The number of methoxy groups -OCH3 is 1. The minimum Gasteiger partial charge on any atom is -0.497 e. The number of aromatic nitrogens is 2. The van der Waals surface area contributed by atoms with Gasteiger partial charge in [-0.05, 0) is 47.0 Å². The summed E-state index contributed by atoms with van der Waals surface area (Å²) in [6, 6.07) is 21.5. The van der Waals surface area contributed by atoms with Gasteiger partial charge in [0.15, 0.2) is 0 Å². The van der Waals surface area contributed by atoms with Crippen LogP contribution in [0.25, 0.3) is 21.8 Å². The van der Waals surface area contributed by atoms with Gasteiger partial charge in [-0.25, -0.2) is 4.98 Å². The molecular weight excluding hydrogens is 356 g/mol. The molecule has 150 valence electrons. The Hall–Kier alpha value is -2.81. The third-order valence-electron chi connectivity index (χ3n) is 5.88. The zero-order valence-electron chi connectivity index (χ0n) is 17.7. The van der Waals surface area contributed by atoms with Crippen molar-refractivity contribution in [3.63, 3.8) is 0 Å². The van der Waals surface area contributed by atoms with Crippen LogP contribution in [0.5, 0.6) is 5.75 Å². The van der Waals surface area contributed by atoms with Gasteiger partial charge in [-0.1, -0.05) is 69.5 Å². The summed E-state index contributed by atoms with van der Waals surface area (Å²) in [5.41, 5.74) is 3.64. The smallest absolute Gasteiger partial charge is 0.119 e. The molecule has 0 saturated heterocycles. The second kappa shape index (κ2) is 8.69. The van der Waals surface area contributed by atoms with Gasteiger partial charge in [0.2, 0.25) is 0 Å². The van der Waals surface area contributed by atoms with Crippen LogP contribution in [0.15, 0.2) is 60.7 Å². The lowest BCUT2D eigenvalue weighted by atomic mass is 9.97. The topological polar surface area (TPSA) is 27.1 Å². The van der Waals surface area contributed by atoms with Crippen molar-refractivity contribution in [3.8, 4) is 5.75 Å². The summed E-state index contributed by atoms with van der Waals surface area (Å²) in [6.07, 6.45) is 5.03. The third kappa shape index (κ3) is 4.00. The first kappa shape index (κ1) is 19.5. The highest BCUT2D eigenvalue weighted by atomic mass is 16.5. The number of benzene rings is 3. The second-order valence-electron chi connectivity index (χ2n) is 7.87. The molecule has 4 aromatic rings. The predicted molar refractivity (Wildman–Crippen MR) is 122 cm³/mol. The van der Waals surface area contributed by atoms with Crippen molar-refractivity contribution in [2.24, 2.45) is 0 Å². The molecule has 3 heteroatoms. The average Bonchev–Trinajstić information content (AvgIpc) is 3.14. The quantitative estimate of drug-likeness (QED) is 0.307. The van der Waals surface area contributed by atoms with Crippen molar-refractivity contribution in [2.45, 2.75) is 52.0 Å². The summed E-state index contributed by atoms with van der Waals surface area (Å²) in [6.45, 7) is 5.56. The highest BCUT2D eigenvalue weighted by molar-refractivity contribution is 5.85. The number of rotatable bonds is 8. The molecule has 1 aromatic heterocycles. The molecule has 1 atom stereocenters. The Labute approximate surface area is 173 Å². The maximum atomic E-state index is 5.36. The van der Waals surface area contributed by atoms with E-state index in [0.29, 0.717) is 0 Å². The molecule has 0 N–H and O–H groups in total. The Kier molecular flexibility index (Phi) is 5.84. The maximum absolute atomic E-state index is 5.36. The largest absolute Gasteiger partial charge is 0.497 e. The molecule has 4 rings (SSSR count). The number of fused-ring (bicyclic) bond motifs is 2. The minimum absolute atomic E-state index is 0.236. The molecule has 0 bridgehead atoms. The van der Waals surface area contributed by atoms with Gasteiger partial charge in [-0.3, -0.25) is 0 Å². The highest BCUT2D eigenvalue weighted by Gasteiger charge is 2.18. The molecule has 1 heterocycles. The number of para-hydroxylation sites is 2. The number of hydrogen-bond acceptors (Lipinski definition) is 2. The molecule has 3 nitrogen and oxygen atoms in total. The maximum Gasteiger partial charge on any atom is 0.119 e. The molecule has 0 aliphatic heterocycles. The number of hydrogen-bond donors (Lipinski definition) is 0. The fourth-order valence-electron chi connectivity index (χ4n) is 4.14. The molecule has 0 radical (unpaired) electrons. The summed E-state index contributed by atoms with van der Waals surface area (Å²) in [4.78, 5) is 5.04. The molecule has 3 aromatic carbocycles. The van der Waals surface area contributed by atoms with Gasteiger partial charge in [0.25, 0.3) is 0 Å². The molecule has 0 spiro atoms. The SMILES string of the molecule is CCCCCCn1c(C(C)c2ccc3cc(OC)ccc3c2)nc2ccccc21. The Morgan fingerprint density at radius 3 is 2.55 bits per heavy atom. The van der Waals surface area contributed by atoms with E-state index in [1.165, 1.54) is 47.5 Å². The van der Waals surface area contributed by atoms with Gasteiger partial charge >= 0.3 is 0 Å². The van der Waals surface area contributed by atoms with Crippen LogP contribution in [-0.2, 0) is 6.54 Å². The van der Waals surface area contributed by atoms with Crippen molar-refractivity contribution in [1.29, 1.82) is 0 Å². The summed E-state index contributed by atoms with van der Waals surface area (Å²) < 4.78 is 7.80. The van der Waals surface area contributed by atoms with Crippen LogP contribution in [0.1, 0.15) is 56.8 Å². The van der Waals surface area contributed by atoms with Crippen molar-refractivity contribution in [2.75, 3.05) is 7.11 Å². The normalized spacial score (nSPS) is 12.5. The van der Waals surface area contributed by atoms with Crippen LogP contribution in [-0.4, -0.2) is 16.7 Å². The zero-order valence-corrected chi connectivity index (χ0v) is 17.7. The number of imidazole rings is 1. The van der Waals surface area contributed by atoms with Gasteiger partial charge in [0.1, 0.15) is 11.6 Å². The monoisotopic (exact) mass is 386 g/mol. The van der Waals surface area contributed by atoms with Crippen molar-refractivity contribution in [3.05, 3.63) is 72.1 Å². The Bertz CT molecular complexity index is 1110. The lowest BCUT2D eigenvalue weighted by Gasteiger charge is -2.16. The van der Waals surface area contributed by atoms with E-state index >= 15 is 0 Å². The number of aryl methyl sites for hydroxylation is 1. The van der Waals surface area contributed by atoms with Crippen LogP contribution >= 0.6 is 0 Å². The highest BCUT2D eigenvalue weighted by Crippen LogP contribution is 2.31. The third-order valence-corrected chi connectivity index (χ3v) is 5.88. The zero-order chi connectivity index (χ0) is 20.2. The van der Waals surface area contributed by atoms with Crippen molar-refractivity contribution < 1.29 is 4.74 Å². The van der Waals surface area contributed by atoms with E-state index in [1.807, 2.05) is 6.07 Å². The van der Waals surface area contributed by atoms with Crippen molar-refractivity contribution in [1.82, 2.24) is 9.55 Å². The Balaban J connectivity index is 1.70. The second-order valence-corrected chi connectivity index (χ2v) is 7.87. The fraction of sp³-hybridized carbons (Fsp3) is 0.346. The number of ether oxygens (including phenoxy) is 1. The van der Waals surface area contributed by atoms with Crippen LogP contribution in [0.3, 0.4) is 0 Å². The molecule has 1 unspecified atom stereocenters. The van der Waals surface area contributed by atoms with E-state index in [-0.39, 0.29) is 5.92 Å². The lowest BCUT2D eigenvalue weighted by molar-refractivity contribution is 0.415. The van der Waals surface area contributed by atoms with E-state index in [1.54, 1.807) is 7.11 Å². The van der Waals surface area contributed by atoms with Gasteiger partial charge in [-0.2, -0.15) is 0 Å². The van der Waals surface area contributed by atoms with Gasteiger partial charge in [0.05, 0.1) is 18.1 Å².